The number of aromatic amines is 1. The standard InChI is InChI=1S/C24H24ClN7O/c1-5-32-23-18(12-28-32)21-16(8-13(2)9-17(21)24(33)31(23)4)14(3)29-19-6-7-20(25)30-22(19)15-10-26-27-11-15/h6-12,14,29H,5H2,1-4H3,(H,26,27). The number of hydrogen-bond donors (Lipinski definition) is 2. The summed E-state index contributed by atoms with van der Waals surface area (Å²) in [7, 11) is 1.80. The summed E-state index contributed by atoms with van der Waals surface area (Å²) in [5, 5.41) is 18.0. The molecule has 9 heteroatoms. The third-order valence-electron chi connectivity index (χ3n) is 6.02. The highest BCUT2D eigenvalue weighted by atomic mass is 35.5. The number of anilines is 1. The van der Waals surface area contributed by atoms with E-state index in [1.807, 2.05) is 36.9 Å². The molecule has 4 aromatic heterocycles. The van der Waals surface area contributed by atoms with E-state index < -0.39 is 0 Å². The van der Waals surface area contributed by atoms with Crippen molar-refractivity contribution < 1.29 is 0 Å². The van der Waals surface area contributed by atoms with Crippen LogP contribution in [0.25, 0.3) is 33.1 Å². The van der Waals surface area contributed by atoms with Gasteiger partial charge in [0.2, 0.25) is 0 Å². The van der Waals surface area contributed by atoms with Crippen LogP contribution in [0.15, 0.2) is 47.7 Å². The summed E-state index contributed by atoms with van der Waals surface area (Å²) in [6.07, 6.45) is 5.35. The van der Waals surface area contributed by atoms with E-state index in [1.165, 1.54) is 0 Å². The Morgan fingerprint density at radius 3 is 2.76 bits per heavy atom. The first kappa shape index (κ1) is 21.2. The fourth-order valence-electron chi connectivity index (χ4n) is 4.51. The molecule has 168 valence electrons. The predicted octanol–water partition coefficient (Wildman–Crippen LogP) is 4.83. The molecule has 0 amide bonds. The number of benzene rings is 1. The molecule has 5 aromatic rings. The summed E-state index contributed by atoms with van der Waals surface area (Å²) < 4.78 is 3.55. The molecule has 8 nitrogen and oxygen atoms in total. The fraction of sp³-hybridized carbons (Fsp3) is 0.250. The zero-order valence-corrected chi connectivity index (χ0v) is 19.6. The van der Waals surface area contributed by atoms with Gasteiger partial charge in [-0.05, 0) is 50.1 Å². The maximum Gasteiger partial charge on any atom is 0.259 e. The largest absolute Gasteiger partial charge is 0.377 e. The van der Waals surface area contributed by atoms with Gasteiger partial charge in [-0.15, -0.1) is 0 Å². The average Bonchev–Trinajstić information content (AvgIpc) is 3.48. The topological polar surface area (TPSA) is 93.4 Å². The number of pyridine rings is 2. The van der Waals surface area contributed by atoms with Crippen LogP contribution in [0, 0.1) is 6.92 Å². The quantitative estimate of drug-likeness (QED) is 0.366. The van der Waals surface area contributed by atoms with E-state index in [1.54, 1.807) is 30.1 Å². The van der Waals surface area contributed by atoms with Crippen molar-refractivity contribution in [3.05, 3.63) is 69.5 Å². The second-order valence-electron chi connectivity index (χ2n) is 8.22. The van der Waals surface area contributed by atoms with Gasteiger partial charge in [0, 0.05) is 47.6 Å². The molecule has 0 aliphatic rings. The minimum absolute atomic E-state index is 0.0305. The molecule has 1 unspecified atom stereocenters. The smallest absolute Gasteiger partial charge is 0.259 e. The van der Waals surface area contributed by atoms with Gasteiger partial charge in [-0.3, -0.25) is 14.5 Å². The van der Waals surface area contributed by atoms with Gasteiger partial charge in [0.25, 0.3) is 5.56 Å². The molecular weight excluding hydrogens is 438 g/mol. The molecular formula is C24H24ClN7O. The normalized spacial score (nSPS) is 12.5. The van der Waals surface area contributed by atoms with E-state index in [-0.39, 0.29) is 11.6 Å². The van der Waals surface area contributed by atoms with Crippen LogP contribution in [-0.2, 0) is 13.6 Å². The lowest BCUT2D eigenvalue weighted by Crippen LogP contribution is -2.20. The van der Waals surface area contributed by atoms with E-state index in [2.05, 4.69) is 38.6 Å². The summed E-state index contributed by atoms with van der Waals surface area (Å²) in [4.78, 5) is 17.8. The first-order valence-corrected chi connectivity index (χ1v) is 11.2. The van der Waals surface area contributed by atoms with Gasteiger partial charge < -0.3 is 5.32 Å². The lowest BCUT2D eigenvalue weighted by atomic mass is 9.95. The van der Waals surface area contributed by atoms with E-state index in [0.29, 0.717) is 22.8 Å². The second kappa shape index (κ2) is 8.04. The van der Waals surface area contributed by atoms with Gasteiger partial charge in [0.15, 0.2) is 0 Å². The van der Waals surface area contributed by atoms with Crippen LogP contribution in [0.4, 0.5) is 5.69 Å². The minimum Gasteiger partial charge on any atom is -0.377 e. The lowest BCUT2D eigenvalue weighted by Gasteiger charge is -2.21. The van der Waals surface area contributed by atoms with Crippen LogP contribution in [0.3, 0.4) is 0 Å². The SMILES string of the molecule is CCn1ncc2c3c(C(C)Nc4ccc(Cl)nc4-c4cn[nH]c4)cc(C)cc3c(=O)n(C)c21. The number of fused-ring (bicyclic) bond motifs is 3. The third-order valence-corrected chi connectivity index (χ3v) is 6.23. The van der Waals surface area contributed by atoms with Crippen molar-refractivity contribution in [3.63, 3.8) is 0 Å². The lowest BCUT2D eigenvalue weighted by molar-refractivity contribution is 0.659. The zero-order valence-electron chi connectivity index (χ0n) is 18.8. The van der Waals surface area contributed by atoms with Crippen LogP contribution >= 0.6 is 11.6 Å². The van der Waals surface area contributed by atoms with Crippen molar-refractivity contribution in [3.8, 4) is 11.3 Å². The summed E-state index contributed by atoms with van der Waals surface area (Å²) in [6, 6.07) is 7.63. The first-order chi connectivity index (χ1) is 15.9. The van der Waals surface area contributed by atoms with Crippen molar-refractivity contribution in [2.75, 3.05) is 5.32 Å². The molecule has 2 N–H and O–H groups in total. The number of nitrogens with one attached hydrogen (secondary N) is 2. The second-order valence-corrected chi connectivity index (χ2v) is 8.61. The van der Waals surface area contributed by atoms with Crippen LogP contribution in [0.1, 0.15) is 31.0 Å². The van der Waals surface area contributed by atoms with Crippen LogP contribution < -0.4 is 10.9 Å². The highest BCUT2D eigenvalue weighted by molar-refractivity contribution is 6.29. The summed E-state index contributed by atoms with van der Waals surface area (Å²) in [5.41, 5.74) is 5.21. The first-order valence-electron chi connectivity index (χ1n) is 10.8. The number of aromatic nitrogens is 6. The minimum atomic E-state index is -0.124. The molecule has 0 aliphatic carbocycles. The number of rotatable bonds is 5. The van der Waals surface area contributed by atoms with Gasteiger partial charge in [-0.1, -0.05) is 17.7 Å². The van der Waals surface area contributed by atoms with Gasteiger partial charge in [-0.25, -0.2) is 9.67 Å². The monoisotopic (exact) mass is 461 g/mol. The molecule has 5 rings (SSSR count). The van der Waals surface area contributed by atoms with Gasteiger partial charge in [-0.2, -0.15) is 10.2 Å². The Balaban J connectivity index is 1.71. The van der Waals surface area contributed by atoms with E-state index in [9.17, 15) is 4.79 Å². The van der Waals surface area contributed by atoms with Crippen LogP contribution in [0.5, 0.6) is 0 Å². The molecule has 0 fully saturated rings. The summed E-state index contributed by atoms with van der Waals surface area (Å²) in [6.45, 7) is 6.79. The van der Waals surface area contributed by atoms with Crippen molar-refractivity contribution in [1.29, 1.82) is 0 Å². The Labute approximate surface area is 195 Å². The van der Waals surface area contributed by atoms with E-state index in [0.717, 1.165) is 38.8 Å². The fourth-order valence-corrected chi connectivity index (χ4v) is 4.65. The molecule has 0 spiro atoms. The number of hydrogen-bond acceptors (Lipinski definition) is 5. The molecule has 1 atom stereocenters. The number of aryl methyl sites for hydroxylation is 3. The summed E-state index contributed by atoms with van der Waals surface area (Å²) in [5.74, 6) is 0. The van der Waals surface area contributed by atoms with Crippen molar-refractivity contribution in [1.82, 2.24) is 29.5 Å². The molecule has 0 aliphatic heterocycles. The van der Waals surface area contributed by atoms with Gasteiger partial charge >= 0.3 is 0 Å². The number of halogens is 1. The Morgan fingerprint density at radius 2 is 2.03 bits per heavy atom. The Hall–Kier alpha value is -3.65. The third kappa shape index (κ3) is 3.47. The highest BCUT2D eigenvalue weighted by Crippen LogP contribution is 2.34. The number of nitrogens with zero attached hydrogens (tertiary/aromatic N) is 5. The Morgan fingerprint density at radius 1 is 1.21 bits per heavy atom. The summed E-state index contributed by atoms with van der Waals surface area (Å²) >= 11 is 6.18. The van der Waals surface area contributed by atoms with Gasteiger partial charge in [0.1, 0.15) is 10.8 Å². The van der Waals surface area contributed by atoms with Crippen LogP contribution in [-0.4, -0.2) is 29.5 Å². The highest BCUT2D eigenvalue weighted by Gasteiger charge is 2.20. The molecule has 0 radical (unpaired) electrons. The van der Waals surface area contributed by atoms with Crippen molar-refractivity contribution >= 4 is 39.1 Å². The van der Waals surface area contributed by atoms with Crippen molar-refractivity contribution in [2.45, 2.75) is 33.4 Å². The van der Waals surface area contributed by atoms with Gasteiger partial charge in [0.05, 0.1) is 23.8 Å². The molecule has 0 saturated carbocycles. The van der Waals surface area contributed by atoms with Crippen LogP contribution in [0.2, 0.25) is 5.15 Å². The maximum atomic E-state index is 13.3. The van der Waals surface area contributed by atoms with E-state index >= 15 is 0 Å². The average molecular weight is 462 g/mol. The zero-order chi connectivity index (χ0) is 23.3. The number of H-pyrrole nitrogens is 1. The Kier molecular flexibility index (Phi) is 5.17. The molecule has 1 aromatic carbocycles. The Bertz CT molecular complexity index is 1550. The molecule has 0 saturated heterocycles. The molecule has 0 bridgehead atoms. The predicted molar refractivity (Wildman–Crippen MR) is 132 cm³/mol. The van der Waals surface area contributed by atoms with Crippen molar-refractivity contribution in [2.24, 2.45) is 7.05 Å². The maximum absolute atomic E-state index is 13.3. The molecule has 33 heavy (non-hydrogen) atoms. The molecule has 4 heterocycles. The van der Waals surface area contributed by atoms with E-state index in [4.69, 9.17) is 11.6 Å².